The maximum absolute atomic E-state index is 12.4. The van der Waals surface area contributed by atoms with Crippen LogP contribution in [0.3, 0.4) is 0 Å². The topological polar surface area (TPSA) is 98.9 Å². The number of rotatable bonds is 5. The van der Waals surface area contributed by atoms with Gasteiger partial charge < -0.3 is 25.7 Å². The lowest BCUT2D eigenvalue weighted by Gasteiger charge is -2.14. The molecule has 0 radical (unpaired) electrons. The number of amides is 1. The normalized spacial score (nSPS) is 10.8. The van der Waals surface area contributed by atoms with Gasteiger partial charge in [-0.1, -0.05) is 11.6 Å². The maximum atomic E-state index is 12.4. The molecular weight excluding hydrogens is 318 g/mol. The quantitative estimate of drug-likeness (QED) is 0.638. The van der Waals surface area contributed by atoms with Gasteiger partial charge in [0.2, 0.25) is 0 Å². The molecule has 0 fully saturated rings. The number of nitrogens with two attached hydrogens (primary N) is 2. The first kappa shape index (κ1) is 17.1. The third-order valence-electron chi connectivity index (χ3n) is 3.33. The van der Waals surface area contributed by atoms with Crippen LogP contribution < -0.4 is 11.5 Å². The van der Waals surface area contributed by atoms with Gasteiger partial charge in [-0.25, -0.2) is 4.99 Å². The number of aliphatic imine (C=N–C) groups is 1. The zero-order valence-electron chi connectivity index (χ0n) is 13.3. The second kappa shape index (κ2) is 6.89. The summed E-state index contributed by atoms with van der Waals surface area (Å²) >= 11 is 6.39. The van der Waals surface area contributed by atoms with Crippen molar-refractivity contribution in [3.63, 3.8) is 0 Å². The molecule has 4 N–H and O–H groups in total. The Balaban J connectivity index is 2.68. The minimum atomic E-state index is -0.114. The highest BCUT2D eigenvalue weighted by atomic mass is 35.5. The van der Waals surface area contributed by atoms with E-state index in [-0.39, 0.29) is 11.9 Å². The summed E-state index contributed by atoms with van der Waals surface area (Å²) in [5.41, 5.74) is 12.6. The summed E-state index contributed by atoms with van der Waals surface area (Å²) in [6.07, 6.45) is 0. The van der Waals surface area contributed by atoms with Crippen molar-refractivity contribution in [2.24, 2.45) is 16.5 Å². The molecule has 7 nitrogen and oxygen atoms in total. The number of carbonyl (C=O) groups excluding carboxylic acids is 1. The van der Waals surface area contributed by atoms with Gasteiger partial charge in [-0.15, -0.1) is 0 Å². The van der Waals surface area contributed by atoms with E-state index in [0.29, 0.717) is 29.6 Å². The van der Waals surface area contributed by atoms with Gasteiger partial charge in [0, 0.05) is 33.1 Å². The van der Waals surface area contributed by atoms with Gasteiger partial charge in [-0.3, -0.25) is 4.79 Å². The van der Waals surface area contributed by atoms with Crippen LogP contribution in [0.15, 0.2) is 23.2 Å². The van der Waals surface area contributed by atoms with E-state index in [1.807, 2.05) is 4.57 Å². The number of hydrogen-bond acceptors (Lipinski definition) is 3. The second-order valence-electron chi connectivity index (χ2n) is 5.28. The van der Waals surface area contributed by atoms with Crippen LogP contribution in [0.1, 0.15) is 10.5 Å². The van der Waals surface area contributed by atoms with E-state index >= 15 is 0 Å². The summed E-state index contributed by atoms with van der Waals surface area (Å²) in [5.74, 6) is -0.166. The van der Waals surface area contributed by atoms with Crippen molar-refractivity contribution in [3.05, 3.63) is 28.9 Å². The number of guanidine groups is 1. The number of fused-ring (bicyclic) bond motifs is 1. The first-order valence-corrected chi connectivity index (χ1v) is 7.36. The van der Waals surface area contributed by atoms with Crippen molar-refractivity contribution >= 4 is 40.1 Å². The number of nitrogens with zero attached hydrogens (tertiary/aromatic N) is 3. The molecule has 0 saturated carbocycles. The number of hydrogen-bond donors (Lipinski definition) is 2. The van der Waals surface area contributed by atoms with Crippen molar-refractivity contribution in [2.45, 2.75) is 6.54 Å². The lowest BCUT2D eigenvalue weighted by molar-refractivity contribution is 0.0815. The molecule has 0 spiro atoms. The van der Waals surface area contributed by atoms with Crippen LogP contribution in [0.4, 0.5) is 5.69 Å². The van der Waals surface area contributed by atoms with E-state index in [1.54, 1.807) is 39.4 Å². The molecule has 0 atom stereocenters. The Morgan fingerprint density at radius 3 is 2.61 bits per heavy atom. The van der Waals surface area contributed by atoms with Crippen LogP contribution in [-0.2, 0) is 11.3 Å². The molecule has 0 bridgehead atoms. The van der Waals surface area contributed by atoms with Crippen LogP contribution in [0.2, 0.25) is 5.02 Å². The monoisotopic (exact) mass is 337 g/mol. The number of methoxy groups -OCH3 is 1. The number of halogens is 1. The van der Waals surface area contributed by atoms with E-state index in [2.05, 4.69) is 4.99 Å². The van der Waals surface area contributed by atoms with Crippen molar-refractivity contribution < 1.29 is 9.53 Å². The van der Waals surface area contributed by atoms with Crippen molar-refractivity contribution in [3.8, 4) is 0 Å². The minimum Gasteiger partial charge on any atom is -0.383 e. The van der Waals surface area contributed by atoms with Crippen LogP contribution in [0.5, 0.6) is 0 Å². The number of aromatic nitrogens is 1. The second-order valence-corrected chi connectivity index (χ2v) is 5.68. The molecule has 1 amide bonds. The van der Waals surface area contributed by atoms with Crippen molar-refractivity contribution in [1.29, 1.82) is 0 Å². The Morgan fingerprint density at radius 2 is 2.04 bits per heavy atom. The smallest absolute Gasteiger partial charge is 0.269 e. The molecule has 0 aliphatic rings. The molecule has 2 aromatic rings. The minimum absolute atomic E-state index is 0.0520. The highest BCUT2D eigenvalue weighted by Gasteiger charge is 2.19. The molecule has 1 aromatic heterocycles. The predicted octanol–water partition coefficient (Wildman–Crippen LogP) is 1.55. The van der Waals surface area contributed by atoms with E-state index in [0.717, 1.165) is 10.9 Å². The molecule has 0 aliphatic heterocycles. The Hall–Kier alpha value is -2.25. The summed E-state index contributed by atoms with van der Waals surface area (Å²) in [7, 11) is 5.01. The van der Waals surface area contributed by atoms with Crippen LogP contribution in [0.25, 0.3) is 10.9 Å². The summed E-state index contributed by atoms with van der Waals surface area (Å²) in [6, 6.07) is 5.23. The molecule has 8 heteroatoms. The predicted molar refractivity (Wildman–Crippen MR) is 92.3 cm³/mol. The Labute approximate surface area is 139 Å². The molecule has 2 rings (SSSR count). The Morgan fingerprint density at radius 1 is 1.35 bits per heavy atom. The molecule has 23 heavy (non-hydrogen) atoms. The van der Waals surface area contributed by atoms with Gasteiger partial charge in [0.1, 0.15) is 5.69 Å². The van der Waals surface area contributed by atoms with E-state index in [9.17, 15) is 4.79 Å². The largest absolute Gasteiger partial charge is 0.383 e. The Kier molecular flexibility index (Phi) is 5.12. The fourth-order valence-electron chi connectivity index (χ4n) is 2.38. The Bertz CT molecular complexity index is 763. The molecule has 0 unspecified atom stereocenters. The fraction of sp³-hybridized carbons (Fsp3) is 0.333. The average Bonchev–Trinajstić information content (AvgIpc) is 2.82. The standard InChI is InChI=1S/C15H20ClN5O2/c1-20(2)14(22)12-7-9-6-10(19-15(17)18)8-11(16)13(9)21(12)4-5-23-3/h6-8H,4-5H2,1-3H3,(H4,17,18,19). The van der Waals surface area contributed by atoms with Gasteiger partial charge >= 0.3 is 0 Å². The lowest BCUT2D eigenvalue weighted by Crippen LogP contribution is -2.25. The summed E-state index contributed by atoms with van der Waals surface area (Å²) in [6.45, 7) is 0.972. The number of ether oxygens (including phenoxy) is 1. The number of carbonyl (C=O) groups is 1. The first-order valence-electron chi connectivity index (χ1n) is 6.98. The first-order chi connectivity index (χ1) is 10.8. The molecular formula is C15H20ClN5O2. The highest BCUT2D eigenvalue weighted by molar-refractivity contribution is 6.35. The van der Waals surface area contributed by atoms with E-state index < -0.39 is 0 Å². The van der Waals surface area contributed by atoms with Crippen LogP contribution in [0, 0.1) is 0 Å². The molecule has 1 aromatic carbocycles. The molecule has 124 valence electrons. The van der Waals surface area contributed by atoms with Gasteiger partial charge in [0.15, 0.2) is 5.96 Å². The molecule has 0 saturated heterocycles. The van der Waals surface area contributed by atoms with Crippen molar-refractivity contribution in [1.82, 2.24) is 9.47 Å². The van der Waals surface area contributed by atoms with Gasteiger partial charge in [-0.2, -0.15) is 0 Å². The van der Waals surface area contributed by atoms with Gasteiger partial charge in [0.05, 0.1) is 22.8 Å². The SMILES string of the molecule is COCCn1c(C(=O)N(C)C)cc2cc(N=C(N)N)cc(Cl)c21. The molecule has 0 aliphatic carbocycles. The third kappa shape index (κ3) is 3.57. The summed E-state index contributed by atoms with van der Waals surface area (Å²) in [4.78, 5) is 18.0. The lowest BCUT2D eigenvalue weighted by atomic mass is 10.2. The third-order valence-corrected chi connectivity index (χ3v) is 3.62. The zero-order valence-corrected chi connectivity index (χ0v) is 14.1. The van der Waals surface area contributed by atoms with E-state index in [4.69, 9.17) is 27.8 Å². The van der Waals surface area contributed by atoms with E-state index in [1.165, 1.54) is 4.90 Å². The average molecular weight is 338 g/mol. The zero-order chi connectivity index (χ0) is 17.1. The summed E-state index contributed by atoms with van der Waals surface area (Å²) < 4.78 is 6.98. The number of benzene rings is 1. The maximum Gasteiger partial charge on any atom is 0.269 e. The van der Waals surface area contributed by atoms with Crippen LogP contribution in [-0.4, -0.2) is 49.1 Å². The van der Waals surface area contributed by atoms with Gasteiger partial charge in [-0.05, 0) is 18.2 Å². The van der Waals surface area contributed by atoms with Crippen molar-refractivity contribution in [2.75, 3.05) is 27.8 Å². The molecule has 1 heterocycles. The highest BCUT2D eigenvalue weighted by Crippen LogP contribution is 2.32. The van der Waals surface area contributed by atoms with Gasteiger partial charge in [0.25, 0.3) is 5.91 Å². The van der Waals surface area contributed by atoms with Crippen LogP contribution >= 0.6 is 11.6 Å². The fourth-order valence-corrected chi connectivity index (χ4v) is 2.70. The summed E-state index contributed by atoms with van der Waals surface area (Å²) in [5, 5.41) is 1.26.